The van der Waals surface area contributed by atoms with Gasteiger partial charge in [0, 0.05) is 17.8 Å². The lowest BCUT2D eigenvalue weighted by Gasteiger charge is -2.12. The second-order valence-electron chi connectivity index (χ2n) is 3.94. The molecular weight excluding hydrogens is 186 g/mol. The fourth-order valence-corrected chi connectivity index (χ4v) is 1.42. The first-order valence-electron chi connectivity index (χ1n) is 5.27. The topological polar surface area (TPSA) is 22.1 Å². The molecule has 0 saturated heterocycles. The number of allylic oxidation sites excluding steroid dienone is 2. The van der Waals surface area contributed by atoms with Crippen molar-refractivity contribution in [2.24, 2.45) is 0 Å². The minimum atomic E-state index is 0.437. The van der Waals surface area contributed by atoms with Crippen molar-refractivity contribution in [1.82, 2.24) is 4.98 Å². The Bertz CT molecular complexity index is 367. The molecular formula is C13H19NO. The molecule has 0 aliphatic heterocycles. The van der Waals surface area contributed by atoms with Gasteiger partial charge < -0.3 is 4.74 Å². The van der Waals surface area contributed by atoms with Crippen molar-refractivity contribution in [1.29, 1.82) is 0 Å². The van der Waals surface area contributed by atoms with Crippen molar-refractivity contribution in [3.63, 3.8) is 0 Å². The summed E-state index contributed by atoms with van der Waals surface area (Å²) in [5.74, 6) is 1.36. The average molecular weight is 205 g/mol. The van der Waals surface area contributed by atoms with Gasteiger partial charge in [0.15, 0.2) is 0 Å². The molecule has 2 nitrogen and oxygen atoms in total. The van der Waals surface area contributed by atoms with Gasteiger partial charge in [0.05, 0.1) is 12.8 Å². The van der Waals surface area contributed by atoms with E-state index in [1.807, 2.05) is 19.2 Å². The SMILES string of the molecule is C/C=C(/C)c1cc(OC)c(C(C)C)cn1. The van der Waals surface area contributed by atoms with Crippen LogP contribution in [0.5, 0.6) is 5.75 Å². The first-order chi connectivity index (χ1) is 7.10. The van der Waals surface area contributed by atoms with E-state index in [0.717, 1.165) is 17.0 Å². The highest BCUT2D eigenvalue weighted by Crippen LogP contribution is 2.27. The molecule has 15 heavy (non-hydrogen) atoms. The number of rotatable bonds is 3. The molecule has 1 rings (SSSR count). The highest BCUT2D eigenvalue weighted by molar-refractivity contribution is 5.61. The third-order valence-corrected chi connectivity index (χ3v) is 2.57. The molecule has 0 saturated carbocycles. The van der Waals surface area contributed by atoms with Crippen molar-refractivity contribution in [3.05, 3.63) is 29.6 Å². The third kappa shape index (κ3) is 2.58. The molecule has 0 fully saturated rings. The van der Waals surface area contributed by atoms with Crippen LogP contribution in [0.2, 0.25) is 0 Å². The summed E-state index contributed by atoms with van der Waals surface area (Å²) < 4.78 is 5.37. The van der Waals surface area contributed by atoms with E-state index in [0.29, 0.717) is 5.92 Å². The van der Waals surface area contributed by atoms with Crippen LogP contribution < -0.4 is 4.74 Å². The Morgan fingerprint density at radius 1 is 1.47 bits per heavy atom. The summed E-state index contributed by atoms with van der Waals surface area (Å²) in [6.45, 7) is 8.35. The molecule has 0 aromatic carbocycles. The van der Waals surface area contributed by atoms with Crippen LogP contribution in [0, 0.1) is 0 Å². The van der Waals surface area contributed by atoms with Crippen molar-refractivity contribution in [2.75, 3.05) is 7.11 Å². The van der Waals surface area contributed by atoms with Gasteiger partial charge in [-0.25, -0.2) is 0 Å². The van der Waals surface area contributed by atoms with Crippen LogP contribution >= 0.6 is 0 Å². The van der Waals surface area contributed by atoms with E-state index in [9.17, 15) is 0 Å². The number of aromatic nitrogens is 1. The van der Waals surface area contributed by atoms with E-state index < -0.39 is 0 Å². The predicted molar refractivity (Wildman–Crippen MR) is 64.2 cm³/mol. The van der Waals surface area contributed by atoms with Crippen molar-refractivity contribution >= 4 is 5.57 Å². The van der Waals surface area contributed by atoms with Gasteiger partial charge in [-0.1, -0.05) is 19.9 Å². The Kier molecular flexibility index (Phi) is 3.89. The van der Waals surface area contributed by atoms with Gasteiger partial charge in [-0.15, -0.1) is 0 Å². The molecule has 0 aliphatic rings. The van der Waals surface area contributed by atoms with Crippen LogP contribution in [0.25, 0.3) is 5.57 Å². The van der Waals surface area contributed by atoms with E-state index in [2.05, 4.69) is 31.8 Å². The smallest absolute Gasteiger partial charge is 0.126 e. The minimum absolute atomic E-state index is 0.437. The van der Waals surface area contributed by atoms with E-state index in [4.69, 9.17) is 4.74 Å². The number of hydrogen-bond donors (Lipinski definition) is 0. The molecule has 0 radical (unpaired) electrons. The maximum Gasteiger partial charge on any atom is 0.126 e. The van der Waals surface area contributed by atoms with Crippen molar-refractivity contribution in [2.45, 2.75) is 33.6 Å². The lowest BCUT2D eigenvalue weighted by Crippen LogP contribution is -1.97. The Morgan fingerprint density at radius 3 is 2.60 bits per heavy atom. The van der Waals surface area contributed by atoms with Gasteiger partial charge in [0.25, 0.3) is 0 Å². The van der Waals surface area contributed by atoms with Crippen LogP contribution in [-0.4, -0.2) is 12.1 Å². The van der Waals surface area contributed by atoms with Crippen LogP contribution in [0.1, 0.15) is 44.9 Å². The molecule has 0 N–H and O–H groups in total. The van der Waals surface area contributed by atoms with E-state index in [1.165, 1.54) is 5.57 Å². The van der Waals surface area contributed by atoms with Gasteiger partial charge in [-0.05, 0) is 25.3 Å². The number of nitrogens with zero attached hydrogens (tertiary/aromatic N) is 1. The van der Waals surface area contributed by atoms with Crippen LogP contribution in [-0.2, 0) is 0 Å². The normalized spacial score (nSPS) is 12.0. The second-order valence-corrected chi connectivity index (χ2v) is 3.94. The zero-order chi connectivity index (χ0) is 11.4. The Morgan fingerprint density at radius 2 is 2.13 bits per heavy atom. The third-order valence-electron chi connectivity index (χ3n) is 2.57. The average Bonchev–Trinajstić information content (AvgIpc) is 2.26. The predicted octanol–water partition coefficient (Wildman–Crippen LogP) is 3.64. The minimum Gasteiger partial charge on any atom is -0.496 e. The maximum absolute atomic E-state index is 5.37. The first kappa shape index (κ1) is 11.8. The summed E-state index contributed by atoms with van der Waals surface area (Å²) in [5.41, 5.74) is 3.31. The van der Waals surface area contributed by atoms with Gasteiger partial charge in [0.1, 0.15) is 5.75 Å². The molecule has 1 aromatic rings. The van der Waals surface area contributed by atoms with Crippen LogP contribution in [0.15, 0.2) is 18.3 Å². The highest BCUT2D eigenvalue weighted by atomic mass is 16.5. The molecule has 0 amide bonds. The van der Waals surface area contributed by atoms with Crippen LogP contribution in [0.3, 0.4) is 0 Å². The van der Waals surface area contributed by atoms with Crippen LogP contribution in [0.4, 0.5) is 0 Å². The number of hydrogen-bond acceptors (Lipinski definition) is 2. The molecule has 1 heterocycles. The summed E-state index contributed by atoms with van der Waals surface area (Å²) in [4.78, 5) is 4.43. The quantitative estimate of drug-likeness (QED) is 0.751. The molecule has 1 aromatic heterocycles. The fourth-order valence-electron chi connectivity index (χ4n) is 1.42. The lowest BCUT2D eigenvalue weighted by molar-refractivity contribution is 0.406. The number of methoxy groups -OCH3 is 1. The molecule has 2 heteroatoms. The zero-order valence-corrected chi connectivity index (χ0v) is 10.2. The first-order valence-corrected chi connectivity index (χ1v) is 5.27. The molecule has 0 spiro atoms. The highest BCUT2D eigenvalue weighted by Gasteiger charge is 2.09. The van der Waals surface area contributed by atoms with E-state index >= 15 is 0 Å². The fraction of sp³-hybridized carbons (Fsp3) is 0.462. The standard InChI is InChI=1S/C13H19NO/c1-6-10(4)12-7-13(15-5)11(8-14-12)9(2)3/h6-9H,1-5H3/b10-6-. The van der Waals surface area contributed by atoms with Gasteiger partial charge >= 0.3 is 0 Å². The van der Waals surface area contributed by atoms with Gasteiger partial charge in [-0.3, -0.25) is 4.98 Å². The number of ether oxygens (including phenoxy) is 1. The van der Waals surface area contributed by atoms with E-state index in [-0.39, 0.29) is 0 Å². The Labute approximate surface area is 92.0 Å². The molecule has 0 bridgehead atoms. The summed E-state index contributed by atoms with van der Waals surface area (Å²) >= 11 is 0. The monoisotopic (exact) mass is 205 g/mol. The van der Waals surface area contributed by atoms with Gasteiger partial charge in [-0.2, -0.15) is 0 Å². The summed E-state index contributed by atoms with van der Waals surface area (Å²) in [6.07, 6.45) is 3.96. The summed E-state index contributed by atoms with van der Waals surface area (Å²) in [7, 11) is 1.70. The Hall–Kier alpha value is -1.31. The Balaban J connectivity index is 3.19. The molecule has 0 atom stereocenters. The molecule has 82 valence electrons. The maximum atomic E-state index is 5.37. The van der Waals surface area contributed by atoms with Crippen molar-refractivity contribution in [3.8, 4) is 5.75 Å². The summed E-state index contributed by atoms with van der Waals surface area (Å²) in [6, 6.07) is 2.00. The van der Waals surface area contributed by atoms with Crippen molar-refractivity contribution < 1.29 is 4.74 Å². The zero-order valence-electron chi connectivity index (χ0n) is 10.2. The number of pyridine rings is 1. The molecule has 0 unspecified atom stereocenters. The van der Waals surface area contributed by atoms with Gasteiger partial charge in [0.2, 0.25) is 0 Å². The summed E-state index contributed by atoms with van der Waals surface area (Å²) in [5, 5.41) is 0. The second kappa shape index (κ2) is 4.96. The largest absolute Gasteiger partial charge is 0.496 e. The van der Waals surface area contributed by atoms with E-state index in [1.54, 1.807) is 7.11 Å². The lowest BCUT2D eigenvalue weighted by atomic mass is 10.0. The molecule has 0 aliphatic carbocycles.